The topological polar surface area (TPSA) is 152 Å². The highest BCUT2D eigenvalue weighted by molar-refractivity contribution is 5.84. The van der Waals surface area contributed by atoms with E-state index in [1.807, 2.05) is 30.3 Å². The van der Waals surface area contributed by atoms with Gasteiger partial charge in [0.2, 0.25) is 11.8 Å². The molecule has 0 spiro atoms. The third kappa shape index (κ3) is 8.04. The van der Waals surface area contributed by atoms with E-state index in [0.29, 0.717) is 57.2 Å². The molecule has 3 atom stereocenters. The first-order valence-electron chi connectivity index (χ1n) is 16.6. The number of nitrogens with zero attached hydrogens (tertiary/aromatic N) is 1. The van der Waals surface area contributed by atoms with Gasteiger partial charge in [-0.1, -0.05) is 36.4 Å². The average Bonchev–Trinajstić information content (AvgIpc) is 3.45. The van der Waals surface area contributed by atoms with E-state index in [-0.39, 0.29) is 30.4 Å². The number of benzene rings is 2. The van der Waals surface area contributed by atoms with Crippen molar-refractivity contribution < 1.29 is 33.0 Å². The van der Waals surface area contributed by atoms with Gasteiger partial charge in [0.05, 0.1) is 6.54 Å². The highest BCUT2D eigenvalue weighted by atomic mass is 19.1. The van der Waals surface area contributed by atoms with E-state index in [1.165, 1.54) is 12.1 Å². The van der Waals surface area contributed by atoms with Crippen LogP contribution in [0.15, 0.2) is 48.5 Å². The molecule has 1 aliphatic heterocycles. The fourth-order valence-electron chi connectivity index (χ4n) is 8.51. The smallest absolute Gasteiger partial charge is 0.408 e. The minimum absolute atomic E-state index is 0.0337. The number of hydrogen-bond acceptors (Lipinski definition) is 7. The molecule has 1 heterocycles. The van der Waals surface area contributed by atoms with Gasteiger partial charge in [-0.25, -0.2) is 14.0 Å². The fourth-order valence-corrected chi connectivity index (χ4v) is 8.51. The zero-order valence-electron chi connectivity index (χ0n) is 26.6. The molecule has 252 valence electrons. The van der Waals surface area contributed by atoms with Crippen molar-refractivity contribution >= 4 is 24.0 Å². The standard InChI is InChI=1S/C35H44FN5O6/c36-28-10-9-26-19-41(20-27(26)13-28)30(42)18-39-34-14-24-12-25(15-34)17-35(16-24,22-34)47-33(45)40-29(31(37)43)8-4-5-11-38-32(44)46-21-23-6-2-1-3-7-23/h1-3,6-7,9-10,13,24-25,29,39H,4-5,8,11-12,14-22H2,(H2,37,43)(H,38,44)(H,40,45)/t24?,25?,29-,34?,35?/m0/s1. The SMILES string of the molecule is NC(=O)[C@H](CCCCNC(=O)OCc1ccccc1)NC(=O)OC12CC3CC(CC(NCC(=O)N4Cc5ccc(F)cc5C4)(C3)C1)C2. The van der Waals surface area contributed by atoms with Gasteiger partial charge < -0.3 is 36.1 Å². The number of unbranched alkanes of at least 4 members (excludes halogenated alkanes) is 1. The van der Waals surface area contributed by atoms with Gasteiger partial charge in [0, 0.05) is 31.6 Å². The third-order valence-corrected chi connectivity index (χ3v) is 10.2. The van der Waals surface area contributed by atoms with Gasteiger partial charge in [-0.05, 0) is 92.0 Å². The van der Waals surface area contributed by atoms with E-state index in [9.17, 15) is 23.6 Å². The Kier molecular flexibility index (Phi) is 9.67. The van der Waals surface area contributed by atoms with E-state index in [0.717, 1.165) is 48.8 Å². The summed E-state index contributed by atoms with van der Waals surface area (Å²) in [4.78, 5) is 52.2. The predicted molar refractivity (Wildman–Crippen MR) is 170 cm³/mol. The van der Waals surface area contributed by atoms with Crippen LogP contribution in [0.25, 0.3) is 0 Å². The number of ether oxygens (including phenoxy) is 2. The van der Waals surface area contributed by atoms with E-state index < -0.39 is 29.7 Å². The summed E-state index contributed by atoms with van der Waals surface area (Å²) < 4.78 is 25.0. The number of rotatable bonds is 13. The van der Waals surface area contributed by atoms with Gasteiger partial charge in [0.25, 0.3) is 0 Å². The Hall–Kier alpha value is -4.19. The largest absolute Gasteiger partial charge is 0.445 e. The molecule has 4 fully saturated rings. The van der Waals surface area contributed by atoms with Gasteiger partial charge in [-0.15, -0.1) is 0 Å². The Morgan fingerprint density at radius 1 is 0.957 bits per heavy atom. The van der Waals surface area contributed by atoms with Crippen molar-refractivity contribution in [3.63, 3.8) is 0 Å². The number of alkyl carbamates (subject to hydrolysis) is 2. The molecule has 4 saturated carbocycles. The average molecular weight is 650 g/mol. The number of fused-ring (bicyclic) bond motifs is 1. The monoisotopic (exact) mass is 649 g/mol. The molecule has 4 aliphatic carbocycles. The molecule has 47 heavy (non-hydrogen) atoms. The molecule has 0 radical (unpaired) electrons. The summed E-state index contributed by atoms with van der Waals surface area (Å²) in [7, 11) is 0. The van der Waals surface area contributed by atoms with E-state index in [2.05, 4.69) is 16.0 Å². The van der Waals surface area contributed by atoms with Crippen LogP contribution >= 0.6 is 0 Å². The minimum atomic E-state index is -0.899. The first-order chi connectivity index (χ1) is 22.6. The van der Waals surface area contributed by atoms with E-state index >= 15 is 0 Å². The normalized spacial score (nSPS) is 25.9. The predicted octanol–water partition coefficient (Wildman–Crippen LogP) is 4.03. The number of carbonyl (C=O) groups is 4. The molecule has 0 aromatic heterocycles. The summed E-state index contributed by atoms with van der Waals surface area (Å²) in [6.07, 6.45) is 5.29. The molecule has 12 heteroatoms. The van der Waals surface area contributed by atoms with Crippen molar-refractivity contribution in [2.24, 2.45) is 17.6 Å². The number of halogens is 1. The first-order valence-corrected chi connectivity index (χ1v) is 16.6. The maximum absolute atomic E-state index is 13.7. The van der Waals surface area contributed by atoms with Crippen molar-refractivity contribution in [1.29, 1.82) is 0 Å². The number of amides is 4. The van der Waals surface area contributed by atoms with Crippen molar-refractivity contribution in [2.75, 3.05) is 13.1 Å². The second-order valence-electron chi connectivity index (χ2n) is 13.9. The number of carbonyl (C=O) groups excluding carboxylic acids is 4. The fraction of sp³-hybridized carbons (Fsp3) is 0.543. The molecule has 2 unspecified atom stereocenters. The van der Waals surface area contributed by atoms with Crippen molar-refractivity contribution in [3.8, 4) is 0 Å². The summed E-state index contributed by atoms with van der Waals surface area (Å²) in [5.41, 5.74) is 7.35. The molecule has 11 nitrogen and oxygen atoms in total. The Balaban J connectivity index is 0.951. The van der Waals surface area contributed by atoms with Crippen molar-refractivity contribution in [1.82, 2.24) is 20.9 Å². The number of hydrogen-bond donors (Lipinski definition) is 4. The zero-order chi connectivity index (χ0) is 33.0. The van der Waals surface area contributed by atoms with Crippen molar-refractivity contribution in [3.05, 3.63) is 71.0 Å². The molecule has 4 amide bonds. The molecular weight excluding hydrogens is 605 g/mol. The first kappa shape index (κ1) is 32.7. The van der Waals surface area contributed by atoms with Crippen LogP contribution in [0, 0.1) is 17.7 Å². The number of nitrogens with one attached hydrogen (secondary N) is 3. The molecule has 7 rings (SSSR count). The summed E-state index contributed by atoms with van der Waals surface area (Å²) in [6.45, 7) is 1.58. The zero-order valence-corrected chi connectivity index (χ0v) is 26.6. The van der Waals surface area contributed by atoms with Crippen LogP contribution in [0.4, 0.5) is 14.0 Å². The maximum Gasteiger partial charge on any atom is 0.408 e. The summed E-state index contributed by atoms with van der Waals surface area (Å²) in [5.74, 6) is -0.221. The highest BCUT2D eigenvalue weighted by Gasteiger charge is 2.59. The quantitative estimate of drug-likeness (QED) is 0.239. The molecule has 2 aromatic carbocycles. The molecule has 4 bridgehead atoms. The highest BCUT2D eigenvalue weighted by Crippen LogP contribution is 2.59. The van der Waals surface area contributed by atoms with Gasteiger partial charge in [0.15, 0.2) is 0 Å². The molecule has 0 saturated heterocycles. The second-order valence-corrected chi connectivity index (χ2v) is 13.9. The van der Waals surface area contributed by atoms with Crippen LogP contribution in [0.3, 0.4) is 0 Å². The van der Waals surface area contributed by atoms with Crippen LogP contribution in [-0.4, -0.2) is 59.2 Å². The van der Waals surface area contributed by atoms with Gasteiger partial charge >= 0.3 is 12.2 Å². The Morgan fingerprint density at radius 2 is 1.70 bits per heavy atom. The van der Waals surface area contributed by atoms with Crippen LogP contribution in [0.2, 0.25) is 0 Å². The number of primary amides is 1. The lowest BCUT2D eigenvalue weighted by molar-refractivity contribution is -0.149. The molecule has 2 aromatic rings. The second kappa shape index (κ2) is 13.9. The molecular formula is C35H44FN5O6. The van der Waals surface area contributed by atoms with E-state index in [1.54, 1.807) is 11.0 Å². The van der Waals surface area contributed by atoms with Crippen LogP contribution in [-0.2, 0) is 38.8 Å². The van der Waals surface area contributed by atoms with Crippen LogP contribution < -0.4 is 21.7 Å². The summed E-state index contributed by atoms with van der Waals surface area (Å²) >= 11 is 0. The lowest BCUT2D eigenvalue weighted by atomic mass is 9.51. The van der Waals surface area contributed by atoms with Crippen LogP contribution in [0.5, 0.6) is 0 Å². The summed E-state index contributed by atoms with van der Waals surface area (Å²) in [6, 6.07) is 13.1. The Bertz CT molecular complexity index is 1470. The molecule has 5 aliphatic rings. The van der Waals surface area contributed by atoms with E-state index in [4.69, 9.17) is 15.2 Å². The summed E-state index contributed by atoms with van der Waals surface area (Å²) in [5, 5.41) is 8.95. The van der Waals surface area contributed by atoms with Gasteiger partial charge in [0.1, 0.15) is 24.1 Å². The van der Waals surface area contributed by atoms with Crippen molar-refractivity contribution in [2.45, 2.75) is 94.7 Å². The number of nitrogens with two attached hydrogens (primary N) is 1. The van der Waals surface area contributed by atoms with Crippen LogP contribution in [0.1, 0.15) is 74.5 Å². The Labute approximate surface area is 274 Å². The minimum Gasteiger partial charge on any atom is -0.445 e. The lowest BCUT2D eigenvalue weighted by Crippen LogP contribution is -2.66. The Morgan fingerprint density at radius 3 is 2.45 bits per heavy atom. The molecule has 5 N–H and O–H groups in total. The lowest BCUT2D eigenvalue weighted by Gasteiger charge is -2.61. The maximum atomic E-state index is 13.7. The third-order valence-electron chi connectivity index (χ3n) is 10.2. The van der Waals surface area contributed by atoms with Gasteiger partial charge in [-0.3, -0.25) is 9.59 Å². The van der Waals surface area contributed by atoms with Gasteiger partial charge in [-0.2, -0.15) is 0 Å².